The largest absolute Gasteiger partial charge is 0.496 e. The van der Waals surface area contributed by atoms with Gasteiger partial charge in [-0.15, -0.1) is 0 Å². The molecule has 15 heteroatoms. The van der Waals surface area contributed by atoms with Crippen LogP contribution in [0.2, 0.25) is 0 Å². The molecule has 3 aliphatic carbocycles. The first-order chi connectivity index (χ1) is 35.3. The number of hydrogen-bond donors (Lipinski definition) is 5. The number of carbonyl (C=O) groups is 5. The first kappa shape index (κ1) is 51.2. The van der Waals surface area contributed by atoms with Crippen LogP contribution >= 0.6 is 0 Å². The Morgan fingerprint density at radius 3 is 2.01 bits per heavy atom. The van der Waals surface area contributed by atoms with Crippen molar-refractivity contribution in [2.24, 2.45) is 32.5 Å². The molecule has 3 aromatic carbocycles. The van der Waals surface area contributed by atoms with Crippen molar-refractivity contribution in [2.75, 3.05) is 28.4 Å². The van der Waals surface area contributed by atoms with Crippen molar-refractivity contribution in [3.8, 4) is 5.75 Å². The summed E-state index contributed by atoms with van der Waals surface area (Å²) in [5, 5.41) is 16.0. The van der Waals surface area contributed by atoms with Gasteiger partial charge in [-0.1, -0.05) is 51.3 Å². The third-order valence-electron chi connectivity index (χ3n) is 15.4. The fraction of sp³-hybridized carbons (Fsp3) is 0.339. The van der Waals surface area contributed by atoms with Crippen LogP contribution in [-0.4, -0.2) is 62.1 Å². The molecule has 0 saturated heterocycles. The Morgan fingerprint density at radius 1 is 0.770 bits per heavy atom. The van der Waals surface area contributed by atoms with Gasteiger partial charge in [-0.05, 0) is 129 Å². The van der Waals surface area contributed by atoms with Crippen molar-refractivity contribution in [1.82, 2.24) is 19.0 Å². The van der Waals surface area contributed by atoms with Crippen LogP contribution in [0.25, 0.3) is 5.70 Å². The summed E-state index contributed by atoms with van der Waals surface area (Å²) >= 11 is 0. The molecule has 2 amide bonds. The molecule has 3 aromatic heterocycles. The highest BCUT2D eigenvalue weighted by atomic mass is 16.5. The summed E-state index contributed by atoms with van der Waals surface area (Å²) in [6.07, 6.45) is 9.90. The van der Waals surface area contributed by atoms with Crippen LogP contribution in [0, 0.1) is 25.2 Å². The Labute approximate surface area is 432 Å². The number of amides is 2. The van der Waals surface area contributed by atoms with Gasteiger partial charge < -0.3 is 49.8 Å². The minimum Gasteiger partial charge on any atom is -0.496 e. The van der Waals surface area contributed by atoms with Gasteiger partial charge in [0.1, 0.15) is 22.9 Å². The van der Waals surface area contributed by atoms with Gasteiger partial charge in [-0.3, -0.25) is 24.0 Å². The molecular weight excluding hydrogens is 933 g/mol. The molecule has 74 heavy (non-hydrogen) atoms. The summed E-state index contributed by atoms with van der Waals surface area (Å²) < 4.78 is 18.0. The maximum atomic E-state index is 14.4. The summed E-state index contributed by atoms with van der Waals surface area (Å²) in [7, 11) is 6.92. The average molecular weight is 999 g/mol. The maximum Gasteiger partial charge on any atom is 0.272 e. The van der Waals surface area contributed by atoms with E-state index in [1.54, 1.807) is 79.1 Å². The Hall–Kier alpha value is -7.75. The minimum atomic E-state index is -0.699. The van der Waals surface area contributed by atoms with Gasteiger partial charge in [0.15, 0.2) is 11.6 Å². The van der Waals surface area contributed by atoms with E-state index in [1.165, 1.54) is 7.11 Å². The van der Waals surface area contributed by atoms with Gasteiger partial charge in [0, 0.05) is 80.1 Å². The number of aryl methyl sites for hydroxylation is 3. The Kier molecular flexibility index (Phi) is 14.0. The van der Waals surface area contributed by atoms with Crippen molar-refractivity contribution in [3.05, 3.63) is 166 Å². The summed E-state index contributed by atoms with van der Waals surface area (Å²) in [5.41, 5.74) is 10.1. The number of aromatic nitrogens is 3. The third kappa shape index (κ3) is 9.76. The SMILES string of the molecule is C=CNc1cc(C(=O)Nc2cc(C(=O)Nc3cc(C(=C)Nc4ccc(CNC5CC(C)CC(O[C@H]6C[C@](C)(C(C)=O)Cc7c(C)c8c(c(C)c76)C(=O)c6c(OC)cccc6C8=O)C5)cc4)n(C)c3)n(C)c2)n(C)c1. The van der Waals surface area contributed by atoms with Gasteiger partial charge >= 0.3 is 0 Å². The molecule has 3 heterocycles. The van der Waals surface area contributed by atoms with Crippen molar-refractivity contribution in [1.29, 1.82) is 0 Å². The fourth-order valence-corrected chi connectivity index (χ4v) is 11.5. The van der Waals surface area contributed by atoms with Crippen LogP contribution in [0.1, 0.15) is 139 Å². The Morgan fingerprint density at radius 2 is 1.38 bits per heavy atom. The molecule has 1 fully saturated rings. The first-order valence-corrected chi connectivity index (χ1v) is 25.1. The summed E-state index contributed by atoms with van der Waals surface area (Å²) in [5.74, 6) is -0.242. The number of carbonyl (C=O) groups excluding carboxylic acids is 5. The quantitative estimate of drug-likeness (QED) is 0.0626. The van der Waals surface area contributed by atoms with E-state index < -0.39 is 11.5 Å². The van der Waals surface area contributed by atoms with E-state index in [4.69, 9.17) is 9.47 Å². The van der Waals surface area contributed by atoms with Gasteiger partial charge in [0.25, 0.3) is 11.8 Å². The number of ether oxygens (including phenoxy) is 2. The predicted molar refractivity (Wildman–Crippen MR) is 289 cm³/mol. The second-order valence-corrected chi connectivity index (χ2v) is 20.8. The molecule has 0 bridgehead atoms. The van der Waals surface area contributed by atoms with E-state index in [2.05, 4.69) is 58.8 Å². The third-order valence-corrected chi connectivity index (χ3v) is 15.4. The summed E-state index contributed by atoms with van der Waals surface area (Å²) in [6.45, 7) is 18.4. The van der Waals surface area contributed by atoms with Gasteiger partial charge in [-0.25, -0.2) is 0 Å². The molecule has 15 nitrogen and oxygen atoms in total. The highest BCUT2D eigenvalue weighted by Crippen LogP contribution is 2.50. The number of fused-ring (bicyclic) bond motifs is 3. The lowest BCUT2D eigenvalue weighted by molar-refractivity contribution is -0.131. The lowest BCUT2D eigenvalue weighted by Crippen LogP contribution is -2.42. The van der Waals surface area contributed by atoms with Crippen LogP contribution in [-0.2, 0) is 43.6 Å². The van der Waals surface area contributed by atoms with E-state index in [0.717, 1.165) is 64.1 Å². The molecule has 5 N–H and O–H groups in total. The second-order valence-electron chi connectivity index (χ2n) is 20.8. The monoisotopic (exact) mass is 999 g/mol. The summed E-state index contributed by atoms with van der Waals surface area (Å²) in [4.78, 5) is 68.5. The molecule has 384 valence electrons. The number of Topliss-reactive ketones (excluding diaryl/α,β-unsaturated/α-hetero) is 1. The van der Waals surface area contributed by atoms with Crippen molar-refractivity contribution >= 4 is 57.6 Å². The van der Waals surface area contributed by atoms with E-state index in [-0.39, 0.29) is 41.3 Å². The Balaban J connectivity index is 0.822. The molecule has 0 aliphatic heterocycles. The lowest BCUT2D eigenvalue weighted by atomic mass is 9.65. The van der Waals surface area contributed by atoms with Gasteiger partial charge in [-0.2, -0.15) is 0 Å². The zero-order valence-electron chi connectivity index (χ0n) is 43.7. The second kappa shape index (κ2) is 20.3. The van der Waals surface area contributed by atoms with Crippen molar-refractivity contribution < 1.29 is 33.4 Å². The molecule has 3 unspecified atom stereocenters. The van der Waals surface area contributed by atoms with E-state index >= 15 is 0 Å². The molecular formula is C59H66N8O7. The van der Waals surface area contributed by atoms with Gasteiger partial charge in [0.05, 0.1) is 53.3 Å². The number of hydrogen-bond acceptors (Lipinski definition) is 10. The normalized spacial score (nSPS) is 20.0. The van der Waals surface area contributed by atoms with Crippen LogP contribution in [0.4, 0.5) is 22.7 Å². The number of ketones is 3. The average Bonchev–Trinajstić information content (AvgIpc) is 4.05. The van der Waals surface area contributed by atoms with Crippen molar-refractivity contribution in [2.45, 2.75) is 91.5 Å². The molecule has 0 radical (unpaired) electrons. The van der Waals surface area contributed by atoms with Crippen LogP contribution in [0.5, 0.6) is 5.75 Å². The zero-order chi connectivity index (χ0) is 52.9. The zero-order valence-corrected chi connectivity index (χ0v) is 43.7. The number of rotatable bonds is 16. The number of nitrogens with zero attached hydrogens (tertiary/aromatic N) is 3. The number of nitrogens with one attached hydrogen (secondary N) is 5. The van der Waals surface area contributed by atoms with Gasteiger partial charge in [0.2, 0.25) is 0 Å². The predicted octanol–water partition coefficient (Wildman–Crippen LogP) is 10.2. The lowest BCUT2D eigenvalue weighted by Gasteiger charge is -2.43. The first-order valence-electron chi connectivity index (χ1n) is 25.1. The maximum absolute atomic E-state index is 14.4. The van der Waals surface area contributed by atoms with E-state index in [1.807, 2.05) is 56.8 Å². The van der Waals surface area contributed by atoms with Crippen LogP contribution < -0.4 is 31.3 Å². The van der Waals surface area contributed by atoms with E-state index in [9.17, 15) is 24.0 Å². The van der Waals surface area contributed by atoms with Crippen LogP contribution in [0.15, 0.2) is 98.6 Å². The topological polar surface area (TPSA) is 179 Å². The minimum absolute atomic E-state index is 0.0754. The Bertz CT molecular complexity index is 3280. The molecule has 6 aromatic rings. The standard InChI is InChI=1S/C59H66N8O7/c1-12-60-40-23-47(66(9)29-40)57(71)64-42-25-48(67(10)31-42)58(72)63-41-24-46(65(8)30-41)35(5)62-38-18-16-37(17-19-38)28-61-39-20-32(2)21-43(22-39)74-50-27-59(7,36(6)68)26-45-33(3)52-53(34(4)51(45)50)56(70)54-44(55(52)69)14-13-15-49(54)73-11/h12-19,23-25,29-32,39,43,50,60-62H,1,5,20-22,26-28H2,2-4,6-11H3,(H,63,72)(H,64,71)/t32?,39?,43?,50-,59+/m0/s1. The molecule has 1 saturated carbocycles. The smallest absolute Gasteiger partial charge is 0.272 e. The molecule has 0 spiro atoms. The number of benzene rings is 3. The number of anilines is 4. The highest BCUT2D eigenvalue weighted by Gasteiger charge is 2.46. The fourth-order valence-electron chi connectivity index (χ4n) is 11.5. The summed E-state index contributed by atoms with van der Waals surface area (Å²) in [6, 6.07) is 18.7. The van der Waals surface area contributed by atoms with Crippen molar-refractivity contribution in [3.63, 3.8) is 0 Å². The molecule has 5 atom stereocenters. The van der Waals surface area contributed by atoms with E-state index in [0.29, 0.717) is 81.8 Å². The molecule has 9 rings (SSSR count). The highest BCUT2D eigenvalue weighted by molar-refractivity contribution is 6.30. The van der Waals surface area contributed by atoms with Crippen LogP contribution in [0.3, 0.4) is 0 Å². The number of methoxy groups -OCH3 is 1. The molecule has 3 aliphatic rings.